The largest absolute Gasteiger partial charge is 0.490 e. The zero-order chi connectivity index (χ0) is 24.7. The minimum atomic E-state index is -5.08. The number of carboxylic acid groups (broad SMARTS) is 2. The van der Waals surface area contributed by atoms with Crippen LogP contribution in [-0.4, -0.2) is 84.2 Å². The van der Waals surface area contributed by atoms with Gasteiger partial charge in [-0.2, -0.15) is 31.3 Å². The number of carboxylic acids is 2. The minimum absolute atomic E-state index is 0.0279. The van der Waals surface area contributed by atoms with Gasteiger partial charge in [0, 0.05) is 39.8 Å². The molecule has 32 heavy (non-hydrogen) atoms. The number of halogens is 6. The SMILES string of the molecule is CN1CCCc2c1nc(N1CCNCC1)[nH]c2=O.O=C(O)C(F)(F)F.O=C(O)C(F)(F)F. The molecule has 0 spiro atoms. The number of nitrogens with zero attached hydrogens (tertiary/aromatic N) is 3. The Morgan fingerprint density at radius 1 is 0.969 bits per heavy atom. The van der Waals surface area contributed by atoms with Gasteiger partial charge in [-0.15, -0.1) is 0 Å². The smallest absolute Gasteiger partial charge is 0.475 e. The number of rotatable bonds is 1. The number of H-pyrrole nitrogens is 1. The Balaban J connectivity index is 0.000000305. The third kappa shape index (κ3) is 8.24. The van der Waals surface area contributed by atoms with Gasteiger partial charge in [-0.1, -0.05) is 0 Å². The Labute approximate surface area is 176 Å². The molecular formula is C16H21F6N5O5. The number of carbonyl (C=O) groups is 2. The van der Waals surface area contributed by atoms with Crippen molar-refractivity contribution in [2.24, 2.45) is 0 Å². The molecule has 0 saturated carbocycles. The van der Waals surface area contributed by atoms with Crippen molar-refractivity contribution in [2.75, 3.05) is 49.6 Å². The fraction of sp³-hybridized carbons (Fsp3) is 0.625. The maximum absolute atomic E-state index is 12.1. The number of hydrogen-bond donors (Lipinski definition) is 4. The highest BCUT2D eigenvalue weighted by Crippen LogP contribution is 2.22. The highest BCUT2D eigenvalue weighted by Gasteiger charge is 2.38. The van der Waals surface area contributed by atoms with Crippen LogP contribution in [0.3, 0.4) is 0 Å². The second-order valence-electron chi connectivity index (χ2n) is 6.56. The molecule has 0 radical (unpaired) electrons. The molecule has 1 aromatic heterocycles. The lowest BCUT2D eigenvalue weighted by Crippen LogP contribution is -2.45. The number of aromatic nitrogens is 2. The molecule has 2 aliphatic rings. The van der Waals surface area contributed by atoms with Gasteiger partial charge in [0.15, 0.2) is 0 Å². The topological polar surface area (TPSA) is 139 Å². The third-order valence-corrected chi connectivity index (χ3v) is 4.16. The van der Waals surface area contributed by atoms with Gasteiger partial charge in [0.05, 0.1) is 5.56 Å². The second-order valence-corrected chi connectivity index (χ2v) is 6.56. The van der Waals surface area contributed by atoms with Crippen molar-refractivity contribution >= 4 is 23.7 Å². The molecule has 2 aliphatic heterocycles. The zero-order valence-electron chi connectivity index (χ0n) is 16.7. The summed E-state index contributed by atoms with van der Waals surface area (Å²) in [5.74, 6) is -3.94. The molecule has 0 aliphatic carbocycles. The summed E-state index contributed by atoms with van der Waals surface area (Å²) in [6.07, 6.45) is -8.30. The number of anilines is 2. The van der Waals surface area contributed by atoms with Gasteiger partial charge in [-0.3, -0.25) is 9.78 Å². The molecule has 3 heterocycles. The van der Waals surface area contributed by atoms with E-state index in [9.17, 15) is 31.1 Å². The summed E-state index contributed by atoms with van der Waals surface area (Å²) in [4.78, 5) is 41.7. The number of alkyl halides is 6. The molecule has 0 amide bonds. The standard InChI is InChI=1S/C12H19N5O.2C2HF3O2/c1-16-6-2-3-9-10(16)14-12(15-11(9)18)17-7-4-13-5-8-17;2*3-2(4,5)1(6)7/h13H,2-8H2,1H3,(H,14,15,18);2*(H,6,7). The number of nitrogens with one attached hydrogen (secondary N) is 2. The van der Waals surface area contributed by atoms with Crippen LogP contribution >= 0.6 is 0 Å². The van der Waals surface area contributed by atoms with Crippen LogP contribution in [0, 0.1) is 0 Å². The quantitative estimate of drug-likeness (QED) is 0.433. The molecule has 0 unspecified atom stereocenters. The van der Waals surface area contributed by atoms with Gasteiger partial charge in [0.2, 0.25) is 5.95 Å². The van der Waals surface area contributed by atoms with Crippen molar-refractivity contribution in [2.45, 2.75) is 25.2 Å². The van der Waals surface area contributed by atoms with Crippen LogP contribution in [0.15, 0.2) is 4.79 Å². The summed E-state index contributed by atoms with van der Waals surface area (Å²) in [7, 11) is 2.01. The molecule has 16 heteroatoms. The monoisotopic (exact) mass is 477 g/mol. The van der Waals surface area contributed by atoms with E-state index in [2.05, 4.69) is 25.1 Å². The van der Waals surface area contributed by atoms with E-state index >= 15 is 0 Å². The Morgan fingerprint density at radius 3 is 1.88 bits per heavy atom. The number of aliphatic carboxylic acids is 2. The van der Waals surface area contributed by atoms with Gasteiger partial charge in [-0.25, -0.2) is 9.59 Å². The first kappa shape index (κ1) is 27.0. The average Bonchev–Trinajstić information content (AvgIpc) is 2.69. The van der Waals surface area contributed by atoms with Crippen LogP contribution in [-0.2, 0) is 16.0 Å². The summed E-state index contributed by atoms with van der Waals surface area (Å²) in [5.41, 5.74) is 0.864. The van der Waals surface area contributed by atoms with Crippen LogP contribution in [0.1, 0.15) is 12.0 Å². The summed E-state index contributed by atoms with van der Waals surface area (Å²) >= 11 is 0. The van der Waals surface area contributed by atoms with Crippen molar-refractivity contribution in [3.05, 3.63) is 15.9 Å². The van der Waals surface area contributed by atoms with Crippen molar-refractivity contribution in [3.63, 3.8) is 0 Å². The van der Waals surface area contributed by atoms with Crippen LogP contribution in [0.25, 0.3) is 0 Å². The molecule has 182 valence electrons. The van der Waals surface area contributed by atoms with E-state index < -0.39 is 24.3 Å². The highest BCUT2D eigenvalue weighted by molar-refractivity contribution is 5.73. The summed E-state index contributed by atoms with van der Waals surface area (Å²) in [6.45, 7) is 4.65. The fourth-order valence-electron chi connectivity index (χ4n) is 2.64. The lowest BCUT2D eigenvalue weighted by molar-refractivity contribution is -0.193. The molecule has 0 bridgehead atoms. The number of hydrogen-bond acceptors (Lipinski definition) is 7. The molecule has 0 atom stereocenters. The molecule has 3 rings (SSSR count). The molecule has 10 nitrogen and oxygen atoms in total. The van der Waals surface area contributed by atoms with E-state index in [4.69, 9.17) is 19.8 Å². The normalized spacial score (nSPS) is 16.1. The highest BCUT2D eigenvalue weighted by atomic mass is 19.4. The van der Waals surface area contributed by atoms with Crippen molar-refractivity contribution in [1.29, 1.82) is 0 Å². The first-order chi connectivity index (χ1) is 14.6. The Morgan fingerprint density at radius 2 is 1.44 bits per heavy atom. The predicted octanol–water partition coefficient (Wildman–Crippen LogP) is 0.829. The van der Waals surface area contributed by atoms with Crippen molar-refractivity contribution in [1.82, 2.24) is 15.3 Å². The van der Waals surface area contributed by atoms with E-state index in [1.165, 1.54) is 0 Å². The van der Waals surface area contributed by atoms with Crippen molar-refractivity contribution in [3.8, 4) is 0 Å². The van der Waals surface area contributed by atoms with E-state index in [-0.39, 0.29) is 5.56 Å². The molecule has 1 saturated heterocycles. The minimum Gasteiger partial charge on any atom is -0.475 e. The number of aromatic amines is 1. The lowest BCUT2D eigenvalue weighted by atomic mass is 10.1. The Bertz CT molecular complexity index is 827. The van der Waals surface area contributed by atoms with E-state index in [1.807, 2.05) is 7.05 Å². The molecule has 0 aromatic carbocycles. The number of piperazine rings is 1. The Hall–Kier alpha value is -3.04. The lowest BCUT2D eigenvalue weighted by Gasteiger charge is -2.30. The van der Waals surface area contributed by atoms with Gasteiger partial charge < -0.3 is 25.3 Å². The average molecular weight is 477 g/mol. The van der Waals surface area contributed by atoms with Gasteiger partial charge in [0.1, 0.15) is 5.82 Å². The maximum atomic E-state index is 12.1. The maximum Gasteiger partial charge on any atom is 0.490 e. The van der Waals surface area contributed by atoms with E-state index in [0.717, 1.165) is 56.9 Å². The van der Waals surface area contributed by atoms with Gasteiger partial charge in [-0.05, 0) is 12.8 Å². The van der Waals surface area contributed by atoms with Crippen LogP contribution in [0.4, 0.5) is 38.1 Å². The van der Waals surface area contributed by atoms with Gasteiger partial charge in [0.25, 0.3) is 5.56 Å². The summed E-state index contributed by atoms with van der Waals surface area (Å²) in [6, 6.07) is 0. The number of fused-ring (bicyclic) bond motifs is 1. The first-order valence-corrected chi connectivity index (χ1v) is 9.04. The third-order valence-electron chi connectivity index (χ3n) is 4.16. The molecule has 1 aromatic rings. The van der Waals surface area contributed by atoms with Crippen LogP contribution in [0.5, 0.6) is 0 Å². The molecular weight excluding hydrogens is 456 g/mol. The van der Waals surface area contributed by atoms with E-state index in [1.54, 1.807) is 0 Å². The van der Waals surface area contributed by atoms with Crippen LogP contribution < -0.4 is 20.7 Å². The molecule has 4 N–H and O–H groups in total. The second kappa shape index (κ2) is 11.0. The zero-order valence-corrected chi connectivity index (χ0v) is 16.7. The van der Waals surface area contributed by atoms with E-state index in [0.29, 0.717) is 5.95 Å². The molecule has 1 fully saturated rings. The first-order valence-electron chi connectivity index (χ1n) is 9.04. The predicted molar refractivity (Wildman–Crippen MR) is 98.9 cm³/mol. The summed E-state index contributed by atoms with van der Waals surface area (Å²) < 4.78 is 63.5. The Kier molecular flexibility index (Phi) is 9.29. The fourth-order valence-corrected chi connectivity index (χ4v) is 2.64. The summed E-state index contributed by atoms with van der Waals surface area (Å²) in [5, 5.41) is 17.5. The van der Waals surface area contributed by atoms with Crippen LogP contribution in [0.2, 0.25) is 0 Å². The van der Waals surface area contributed by atoms with Crippen molar-refractivity contribution < 1.29 is 46.1 Å². The van der Waals surface area contributed by atoms with Gasteiger partial charge >= 0.3 is 24.3 Å².